The third-order valence-electron chi connectivity index (χ3n) is 5.43. The number of carbonyl (C=O) groups is 2. The highest BCUT2D eigenvalue weighted by Crippen LogP contribution is 2.20. The van der Waals surface area contributed by atoms with E-state index in [9.17, 15) is 18.0 Å². The summed E-state index contributed by atoms with van der Waals surface area (Å²) in [6, 6.07) is 13.7. The minimum Gasteiger partial charge on any atom is -0.354 e. The van der Waals surface area contributed by atoms with E-state index in [0.29, 0.717) is 23.7 Å². The summed E-state index contributed by atoms with van der Waals surface area (Å²) >= 11 is 6.10. The van der Waals surface area contributed by atoms with Gasteiger partial charge in [0.05, 0.1) is 11.9 Å². The lowest BCUT2D eigenvalue weighted by Crippen LogP contribution is -2.47. The Kier molecular flexibility index (Phi) is 10.4. The smallest absolute Gasteiger partial charge is 0.242 e. The molecule has 0 heterocycles. The van der Waals surface area contributed by atoms with E-state index >= 15 is 0 Å². The number of hydrogen-bond donors (Lipinski definition) is 1. The fourth-order valence-corrected chi connectivity index (χ4v) is 4.70. The van der Waals surface area contributed by atoms with Gasteiger partial charge in [-0.2, -0.15) is 0 Å². The van der Waals surface area contributed by atoms with Crippen LogP contribution in [-0.2, 0) is 26.2 Å². The zero-order chi connectivity index (χ0) is 25.3. The van der Waals surface area contributed by atoms with Gasteiger partial charge in [-0.3, -0.25) is 13.9 Å². The predicted molar refractivity (Wildman–Crippen MR) is 137 cm³/mol. The van der Waals surface area contributed by atoms with Crippen LogP contribution in [0.25, 0.3) is 0 Å². The molecule has 2 aromatic carbocycles. The van der Waals surface area contributed by atoms with Gasteiger partial charge in [-0.25, -0.2) is 8.42 Å². The number of anilines is 1. The van der Waals surface area contributed by atoms with E-state index in [0.717, 1.165) is 23.8 Å². The van der Waals surface area contributed by atoms with Crippen LogP contribution in [0.2, 0.25) is 5.02 Å². The molecule has 0 aliphatic heterocycles. The molecule has 2 amide bonds. The van der Waals surface area contributed by atoms with Crippen LogP contribution in [0.1, 0.15) is 44.2 Å². The van der Waals surface area contributed by atoms with E-state index < -0.39 is 16.1 Å². The summed E-state index contributed by atoms with van der Waals surface area (Å²) in [6.45, 7) is 6.51. The van der Waals surface area contributed by atoms with Crippen molar-refractivity contribution < 1.29 is 18.0 Å². The van der Waals surface area contributed by atoms with Crippen molar-refractivity contribution in [3.05, 3.63) is 64.7 Å². The minimum absolute atomic E-state index is 0.101. The average Bonchev–Trinajstić information content (AvgIpc) is 2.78. The second kappa shape index (κ2) is 12.8. The zero-order valence-electron chi connectivity index (χ0n) is 20.3. The van der Waals surface area contributed by atoms with E-state index in [4.69, 9.17) is 11.6 Å². The SMILES string of the molecule is CCCNC(=O)[C@H](C)N(Cc1cccc(Cl)c1)C(=O)CCCN(c1ccc(C)cc1)S(C)(=O)=O. The summed E-state index contributed by atoms with van der Waals surface area (Å²) < 4.78 is 26.0. The number of carbonyl (C=O) groups excluding carboxylic acids is 2. The van der Waals surface area contributed by atoms with E-state index in [2.05, 4.69) is 5.32 Å². The van der Waals surface area contributed by atoms with Gasteiger partial charge in [0, 0.05) is 31.1 Å². The van der Waals surface area contributed by atoms with Crippen LogP contribution in [0.5, 0.6) is 0 Å². The van der Waals surface area contributed by atoms with Crippen LogP contribution in [0.3, 0.4) is 0 Å². The third kappa shape index (κ3) is 8.33. The quantitative estimate of drug-likeness (QED) is 0.467. The summed E-state index contributed by atoms with van der Waals surface area (Å²) in [4.78, 5) is 27.3. The van der Waals surface area contributed by atoms with Crippen LogP contribution < -0.4 is 9.62 Å². The fourth-order valence-electron chi connectivity index (χ4n) is 3.53. The Balaban J connectivity index is 2.14. The van der Waals surface area contributed by atoms with Gasteiger partial charge in [-0.05, 0) is 56.5 Å². The number of aryl methyl sites for hydroxylation is 1. The Labute approximate surface area is 208 Å². The summed E-state index contributed by atoms with van der Waals surface area (Å²) in [5, 5.41) is 3.39. The standard InChI is InChI=1S/C25H34ClN3O4S/c1-5-15-27-25(31)20(3)28(18-21-8-6-9-22(26)17-21)24(30)10-7-16-29(34(4,32)33)23-13-11-19(2)12-14-23/h6,8-9,11-14,17,20H,5,7,10,15-16,18H2,1-4H3,(H,27,31)/t20-/m0/s1. The molecule has 9 heteroatoms. The summed E-state index contributed by atoms with van der Waals surface area (Å²) in [7, 11) is -3.51. The van der Waals surface area contributed by atoms with Crippen LogP contribution in [0, 0.1) is 6.92 Å². The van der Waals surface area contributed by atoms with E-state index in [1.807, 2.05) is 32.0 Å². The summed E-state index contributed by atoms with van der Waals surface area (Å²) in [5.74, 6) is -0.453. The molecule has 0 aliphatic rings. The Bertz CT molecular complexity index is 1070. The maximum Gasteiger partial charge on any atom is 0.242 e. The highest BCUT2D eigenvalue weighted by atomic mass is 35.5. The van der Waals surface area contributed by atoms with Crippen molar-refractivity contribution in [2.75, 3.05) is 23.7 Å². The highest BCUT2D eigenvalue weighted by Gasteiger charge is 2.26. The molecule has 0 radical (unpaired) electrons. The fraction of sp³-hybridized carbons (Fsp3) is 0.440. The Morgan fingerprint density at radius 2 is 1.79 bits per heavy atom. The molecular weight excluding hydrogens is 474 g/mol. The monoisotopic (exact) mass is 507 g/mol. The molecule has 0 saturated heterocycles. The molecule has 2 rings (SSSR count). The largest absolute Gasteiger partial charge is 0.354 e. The topological polar surface area (TPSA) is 86.8 Å². The molecular formula is C25H34ClN3O4S. The molecule has 0 unspecified atom stereocenters. The minimum atomic E-state index is -3.51. The van der Waals surface area contributed by atoms with Crippen molar-refractivity contribution in [1.29, 1.82) is 0 Å². The van der Waals surface area contributed by atoms with Crippen molar-refractivity contribution in [3.8, 4) is 0 Å². The number of nitrogens with one attached hydrogen (secondary N) is 1. The molecule has 2 aromatic rings. The van der Waals surface area contributed by atoms with Gasteiger partial charge < -0.3 is 10.2 Å². The first-order valence-electron chi connectivity index (χ1n) is 11.4. The molecule has 0 bridgehead atoms. The van der Waals surface area contributed by atoms with Crippen molar-refractivity contribution in [2.45, 2.75) is 52.6 Å². The normalized spacial score (nSPS) is 12.1. The number of halogens is 1. The van der Waals surface area contributed by atoms with Crippen LogP contribution in [0.15, 0.2) is 48.5 Å². The van der Waals surface area contributed by atoms with Gasteiger partial charge in [0.2, 0.25) is 21.8 Å². The zero-order valence-corrected chi connectivity index (χ0v) is 21.8. The Hall–Kier alpha value is -2.58. The van der Waals surface area contributed by atoms with E-state index in [1.165, 1.54) is 9.21 Å². The lowest BCUT2D eigenvalue weighted by atomic mass is 10.1. The third-order valence-corrected chi connectivity index (χ3v) is 6.86. The number of rotatable bonds is 12. The number of sulfonamides is 1. The van der Waals surface area contributed by atoms with Crippen LogP contribution in [-0.4, -0.2) is 50.5 Å². The van der Waals surface area contributed by atoms with E-state index in [-0.39, 0.29) is 31.3 Å². The molecule has 1 N–H and O–H groups in total. The molecule has 34 heavy (non-hydrogen) atoms. The van der Waals surface area contributed by atoms with Crippen molar-refractivity contribution >= 4 is 39.1 Å². The van der Waals surface area contributed by atoms with Gasteiger partial charge in [0.15, 0.2) is 0 Å². The number of hydrogen-bond acceptors (Lipinski definition) is 4. The molecule has 0 saturated carbocycles. The first-order valence-corrected chi connectivity index (χ1v) is 13.6. The average molecular weight is 508 g/mol. The first-order chi connectivity index (χ1) is 16.0. The lowest BCUT2D eigenvalue weighted by molar-refractivity contribution is -0.140. The van der Waals surface area contributed by atoms with Gasteiger partial charge in [-0.15, -0.1) is 0 Å². The molecule has 0 fully saturated rings. The van der Waals surface area contributed by atoms with Crippen LogP contribution in [0.4, 0.5) is 5.69 Å². The molecule has 0 aromatic heterocycles. The van der Waals surface area contributed by atoms with Gasteiger partial charge in [0.25, 0.3) is 0 Å². The maximum atomic E-state index is 13.2. The van der Waals surface area contributed by atoms with Crippen molar-refractivity contribution in [3.63, 3.8) is 0 Å². The molecule has 0 spiro atoms. The molecule has 186 valence electrons. The number of nitrogens with zero attached hydrogens (tertiary/aromatic N) is 2. The van der Waals surface area contributed by atoms with E-state index in [1.54, 1.807) is 37.3 Å². The second-order valence-corrected chi connectivity index (χ2v) is 10.7. The number of benzene rings is 2. The Morgan fingerprint density at radius 1 is 1.12 bits per heavy atom. The highest BCUT2D eigenvalue weighted by molar-refractivity contribution is 7.92. The lowest BCUT2D eigenvalue weighted by Gasteiger charge is -2.29. The van der Waals surface area contributed by atoms with Crippen LogP contribution >= 0.6 is 11.6 Å². The first kappa shape index (κ1) is 27.7. The van der Waals surface area contributed by atoms with Gasteiger partial charge in [0.1, 0.15) is 6.04 Å². The summed E-state index contributed by atoms with van der Waals surface area (Å²) in [6.07, 6.45) is 2.36. The maximum absolute atomic E-state index is 13.2. The van der Waals surface area contributed by atoms with Gasteiger partial charge >= 0.3 is 0 Å². The second-order valence-electron chi connectivity index (χ2n) is 8.39. The molecule has 0 aliphatic carbocycles. The van der Waals surface area contributed by atoms with Gasteiger partial charge in [-0.1, -0.05) is 48.4 Å². The summed E-state index contributed by atoms with van der Waals surface area (Å²) in [5.41, 5.74) is 2.40. The predicted octanol–water partition coefficient (Wildman–Crippen LogP) is 4.14. The Morgan fingerprint density at radius 3 is 2.38 bits per heavy atom. The van der Waals surface area contributed by atoms with Crippen molar-refractivity contribution in [1.82, 2.24) is 10.2 Å². The molecule has 1 atom stereocenters. The number of amides is 2. The molecule has 7 nitrogen and oxygen atoms in total. The van der Waals surface area contributed by atoms with Crippen molar-refractivity contribution in [2.24, 2.45) is 0 Å².